The van der Waals surface area contributed by atoms with Gasteiger partial charge in [-0.25, -0.2) is 4.79 Å². The Morgan fingerprint density at radius 2 is 2.16 bits per heavy atom. The summed E-state index contributed by atoms with van der Waals surface area (Å²) in [6.45, 7) is 3.73. The topological polar surface area (TPSA) is 81.5 Å². The van der Waals surface area contributed by atoms with Gasteiger partial charge < -0.3 is 10.1 Å². The van der Waals surface area contributed by atoms with Crippen molar-refractivity contribution >= 4 is 40.6 Å². The first kappa shape index (κ1) is 15.3. The molecule has 1 aromatic rings. The Kier molecular flexibility index (Phi) is 5.14. The zero-order chi connectivity index (χ0) is 14.6. The van der Waals surface area contributed by atoms with E-state index in [0.717, 1.165) is 6.07 Å². The number of benzene rings is 1. The zero-order valence-electron chi connectivity index (χ0n) is 9.91. The molecule has 0 saturated carbocycles. The Hall–Kier alpha value is -1.79. The van der Waals surface area contributed by atoms with Crippen molar-refractivity contribution in [1.82, 2.24) is 5.32 Å². The standard InChI is InChI=1S/C11H10Cl2N2O4/c1-6(5-14-11(16)19-2)8-3-7(15(17)18)4-9(12)10(8)13/h3-4H,1,5H2,2H3,(H,14,16). The van der Waals surface area contributed by atoms with Crippen LogP contribution in [0.4, 0.5) is 10.5 Å². The predicted molar refractivity (Wildman–Crippen MR) is 72.6 cm³/mol. The van der Waals surface area contributed by atoms with E-state index in [4.69, 9.17) is 23.2 Å². The average molecular weight is 305 g/mol. The number of hydrogen-bond acceptors (Lipinski definition) is 4. The highest BCUT2D eigenvalue weighted by atomic mass is 35.5. The van der Waals surface area contributed by atoms with E-state index in [-0.39, 0.29) is 22.3 Å². The summed E-state index contributed by atoms with van der Waals surface area (Å²) in [4.78, 5) is 21.1. The maximum absolute atomic E-state index is 10.9. The maximum atomic E-state index is 10.9. The van der Waals surface area contributed by atoms with Crippen molar-refractivity contribution < 1.29 is 14.5 Å². The molecular weight excluding hydrogens is 295 g/mol. The molecule has 102 valence electrons. The van der Waals surface area contributed by atoms with E-state index in [2.05, 4.69) is 16.6 Å². The SMILES string of the molecule is C=C(CNC(=O)OC)c1cc([N+](=O)[O-])cc(Cl)c1Cl. The Labute approximate surface area is 119 Å². The highest BCUT2D eigenvalue weighted by Gasteiger charge is 2.16. The van der Waals surface area contributed by atoms with Crippen molar-refractivity contribution in [2.75, 3.05) is 13.7 Å². The van der Waals surface area contributed by atoms with Crippen molar-refractivity contribution in [3.8, 4) is 0 Å². The second-order valence-electron chi connectivity index (χ2n) is 3.49. The number of nitro groups is 1. The van der Waals surface area contributed by atoms with Gasteiger partial charge in [-0.2, -0.15) is 0 Å². The Morgan fingerprint density at radius 1 is 1.53 bits per heavy atom. The minimum atomic E-state index is -0.645. The zero-order valence-corrected chi connectivity index (χ0v) is 11.4. The van der Waals surface area contributed by atoms with Crippen LogP contribution in [0, 0.1) is 10.1 Å². The quantitative estimate of drug-likeness (QED) is 0.683. The molecule has 6 nitrogen and oxygen atoms in total. The smallest absolute Gasteiger partial charge is 0.407 e. The molecule has 0 aliphatic rings. The summed E-state index contributed by atoms with van der Waals surface area (Å²) < 4.78 is 4.39. The number of carbonyl (C=O) groups excluding carboxylic acids is 1. The van der Waals surface area contributed by atoms with Gasteiger partial charge in [0.05, 0.1) is 22.1 Å². The molecule has 0 radical (unpaired) electrons. The maximum Gasteiger partial charge on any atom is 0.407 e. The van der Waals surface area contributed by atoms with E-state index in [1.54, 1.807) is 0 Å². The fourth-order valence-electron chi connectivity index (χ4n) is 1.28. The van der Waals surface area contributed by atoms with Crippen molar-refractivity contribution in [3.63, 3.8) is 0 Å². The molecule has 0 heterocycles. The number of methoxy groups -OCH3 is 1. The van der Waals surface area contributed by atoms with Gasteiger partial charge in [-0.15, -0.1) is 0 Å². The predicted octanol–water partition coefficient (Wildman–Crippen LogP) is 3.27. The van der Waals surface area contributed by atoms with Crippen molar-refractivity contribution in [2.45, 2.75) is 0 Å². The number of nitrogens with one attached hydrogen (secondary N) is 1. The van der Waals surface area contributed by atoms with Crippen LogP contribution in [-0.4, -0.2) is 24.7 Å². The first-order chi connectivity index (χ1) is 8.86. The molecule has 0 atom stereocenters. The molecule has 8 heteroatoms. The Bertz CT molecular complexity index is 546. The molecule has 0 saturated heterocycles. The van der Waals surface area contributed by atoms with Gasteiger partial charge in [0.2, 0.25) is 0 Å². The summed E-state index contributed by atoms with van der Waals surface area (Å²) in [5, 5.41) is 13.3. The minimum Gasteiger partial charge on any atom is -0.453 e. The molecule has 0 unspecified atom stereocenters. The molecular formula is C11H10Cl2N2O4. The molecule has 1 rings (SSSR count). The van der Waals surface area contributed by atoms with Gasteiger partial charge in [-0.1, -0.05) is 29.8 Å². The summed E-state index contributed by atoms with van der Waals surface area (Å²) in [7, 11) is 1.22. The minimum absolute atomic E-state index is 0.0316. The molecule has 0 aliphatic heterocycles. The third-order valence-electron chi connectivity index (χ3n) is 2.24. The van der Waals surface area contributed by atoms with Crippen molar-refractivity contribution in [2.24, 2.45) is 0 Å². The van der Waals surface area contributed by atoms with Crippen molar-refractivity contribution in [3.05, 3.63) is 44.4 Å². The lowest BCUT2D eigenvalue weighted by Crippen LogP contribution is -2.24. The lowest BCUT2D eigenvalue weighted by molar-refractivity contribution is -0.384. The molecule has 0 aliphatic carbocycles. The van der Waals surface area contributed by atoms with Gasteiger partial charge >= 0.3 is 6.09 Å². The first-order valence-corrected chi connectivity index (χ1v) is 5.75. The average Bonchev–Trinajstić information content (AvgIpc) is 2.38. The van der Waals surface area contributed by atoms with Gasteiger partial charge in [0, 0.05) is 24.2 Å². The second kappa shape index (κ2) is 6.40. The number of amides is 1. The molecule has 1 amide bonds. The highest BCUT2D eigenvalue weighted by Crippen LogP contribution is 2.34. The van der Waals surface area contributed by atoms with E-state index in [0.29, 0.717) is 11.1 Å². The van der Waals surface area contributed by atoms with Gasteiger partial charge in [-0.05, 0) is 5.57 Å². The van der Waals surface area contributed by atoms with Crippen LogP contribution >= 0.6 is 23.2 Å². The fraction of sp³-hybridized carbons (Fsp3) is 0.182. The normalized spacial score (nSPS) is 9.84. The van der Waals surface area contributed by atoms with Crippen LogP contribution in [-0.2, 0) is 4.74 Å². The van der Waals surface area contributed by atoms with Crippen LogP contribution < -0.4 is 5.32 Å². The monoisotopic (exact) mass is 304 g/mol. The molecule has 0 bridgehead atoms. The number of carbonyl (C=O) groups is 1. The van der Waals surface area contributed by atoms with Crippen LogP contribution in [0.2, 0.25) is 10.0 Å². The first-order valence-electron chi connectivity index (χ1n) is 5.00. The third-order valence-corrected chi connectivity index (χ3v) is 3.04. The number of rotatable bonds is 4. The van der Waals surface area contributed by atoms with Crippen LogP contribution in [0.3, 0.4) is 0 Å². The summed E-state index contributed by atoms with van der Waals surface area (Å²) >= 11 is 11.8. The molecule has 0 spiro atoms. The van der Waals surface area contributed by atoms with Gasteiger partial charge in [-0.3, -0.25) is 10.1 Å². The van der Waals surface area contributed by atoms with Gasteiger partial charge in [0.1, 0.15) is 0 Å². The Balaban J connectivity index is 3.02. The molecule has 1 N–H and O–H groups in total. The lowest BCUT2D eigenvalue weighted by atomic mass is 10.1. The van der Waals surface area contributed by atoms with Gasteiger partial charge in [0.15, 0.2) is 0 Å². The fourth-order valence-corrected chi connectivity index (χ4v) is 1.74. The summed E-state index contributed by atoms with van der Waals surface area (Å²) in [6, 6.07) is 2.39. The molecule has 0 aromatic heterocycles. The van der Waals surface area contributed by atoms with Crippen LogP contribution in [0.1, 0.15) is 5.56 Å². The number of alkyl carbamates (subject to hydrolysis) is 1. The number of nitro benzene ring substituents is 1. The van der Waals surface area contributed by atoms with Crippen molar-refractivity contribution in [1.29, 1.82) is 0 Å². The van der Waals surface area contributed by atoms with E-state index in [1.165, 1.54) is 13.2 Å². The van der Waals surface area contributed by atoms with Crippen LogP contribution in [0.15, 0.2) is 18.7 Å². The van der Waals surface area contributed by atoms with E-state index < -0.39 is 11.0 Å². The summed E-state index contributed by atoms with van der Waals surface area (Å²) in [5.41, 5.74) is 0.474. The largest absolute Gasteiger partial charge is 0.453 e. The van der Waals surface area contributed by atoms with Gasteiger partial charge in [0.25, 0.3) is 5.69 Å². The molecule has 1 aromatic carbocycles. The Morgan fingerprint density at radius 3 is 2.68 bits per heavy atom. The van der Waals surface area contributed by atoms with Crippen LogP contribution in [0.25, 0.3) is 5.57 Å². The number of halogens is 2. The number of non-ortho nitro benzene ring substituents is 1. The molecule has 19 heavy (non-hydrogen) atoms. The number of hydrogen-bond donors (Lipinski definition) is 1. The molecule has 0 fully saturated rings. The number of nitrogens with zero attached hydrogens (tertiary/aromatic N) is 1. The lowest BCUT2D eigenvalue weighted by Gasteiger charge is -2.10. The van der Waals surface area contributed by atoms with E-state index in [9.17, 15) is 14.9 Å². The number of ether oxygens (including phenoxy) is 1. The van der Waals surface area contributed by atoms with E-state index >= 15 is 0 Å². The van der Waals surface area contributed by atoms with Crippen LogP contribution in [0.5, 0.6) is 0 Å². The summed E-state index contributed by atoms with van der Waals surface area (Å²) in [5.74, 6) is 0. The summed E-state index contributed by atoms with van der Waals surface area (Å²) in [6.07, 6.45) is -0.645. The highest BCUT2D eigenvalue weighted by molar-refractivity contribution is 6.43. The second-order valence-corrected chi connectivity index (χ2v) is 4.28. The van der Waals surface area contributed by atoms with E-state index in [1.807, 2.05) is 0 Å². The third kappa shape index (κ3) is 3.84.